The van der Waals surface area contributed by atoms with Gasteiger partial charge >= 0.3 is 5.97 Å². The van der Waals surface area contributed by atoms with E-state index < -0.39 is 5.97 Å². The van der Waals surface area contributed by atoms with Crippen molar-refractivity contribution in [1.82, 2.24) is 4.40 Å². The topological polar surface area (TPSA) is 58.8 Å². The van der Waals surface area contributed by atoms with E-state index in [-0.39, 0.29) is 11.0 Å². The first-order valence-corrected chi connectivity index (χ1v) is 4.78. The van der Waals surface area contributed by atoms with Crippen molar-refractivity contribution in [3.05, 3.63) is 52.2 Å². The molecule has 78 valence electrons. The third kappa shape index (κ3) is 0.982. The van der Waals surface area contributed by atoms with E-state index in [1.807, 2.05) is 6.07 Å². The molecule has 0 unspecified atom stereocenters. The number of carbonyl (C=O) groups is 1. The Bertz CT molecular complexity index is 757. The summed E-state index contributed by atoms with van der Waals surface area (Å²) in [6, 6.07) is 9.88. The van der Waals surface area contributed by atoms with E-state index in [1.54, 1.807) is 22.6 Å². The molecule has 3 aromatic heterocycles. The number of aromatic carboxylic acids is 1. The number of carboxylic acid groups (broad SMARTS) is 1. The van der Waals surface area contributed by atoms with Gasteiger partial charge in [-0.25, -0.2) is 4.79 Å². The predicted molar refractivity (Wildman–Crippen MR) is 59.3 cm³/mol. The van der Waals surface area contributed by atoms with E-state index in [2.05, 4.69) is 0 Å². The second-order valence-corrected chi connectivity index (χ2v) is 3.62. The lowest BCUT2D eigenvalue weighted by Gasteiger charge is -2.01. The maximum absolute atomic E-state index is 11.6. The van der Waals surface area contributed by atoms with Crippen molar-refractivity contribution in [2.75, 3.05) is 0 Å². The molecule has 0 spiro atoms. The monoisotopic (exact) mass is 213 g/mol. The first-order valence-electron chi connectivity index (χ1n) is 4.78. The molecular weight excluding hydrogens is 206 g/mol. The van der Waals surface area contributed by atoms with Crippen LogP contribution in [0.1, 0.15) is 10.4 Å². The highest BCUT2D eigenvalue weighted by molar-refractivity contribution is 5.99. The fraction of sp³-hybridized carbons (Fsp3) is 0. The second-order valence-electron chi connectivity index (χ2n) is 3.62. The zero-order valence-electron chi connectivity index (χ0n) is 8.18. The Morgan fingerprint density at radius 1 is 1.12 bits per heavy atom. The fourth-order valence-corrected chi connectivity index (χ4v) is 2.01. The highest BCUT2D eigenvalue weighted by Crippen LogP contribution is 2.19. The molecule has 3 heterocycles. The van der Waals surface area contributed by atoms with Crippen molar-refractivity contribution in [1.29, 1.82) is 0 Å². The first-order chi connectivity index (χ1) is 7.68. The van der Waals surface area contributed by atoms with Crippen molar-refractivity contribution in [2.24, 2.45) is 0 Å². The first kappa shape index (κ1) is 8.91. The molecule has 0 bridgehead atoms. The van der Waals surface area contributed by atoms with Crippen LogP contribution in [0.2, 0.25) is 0 Å². The van der Waals surface area contributed by atoms with Crippen LogP contribution in [0.25, 0.3) is 16.6 Å². The smallest absolute Gasteiger partial charge is 0.337 e. The Balaban J connectivity index is 2.68. The van der Waals surface area contributed by atoms with Gasteiger partial charge in [-0.15, -0.1) is 0 Å². The lowest BCUT2D eigenvalue weighted by Crippen LogP contribution is -2.02. The van der Waals surface area contributed by atoms with Crippen LogP contribution in [0.15, 0.2) is 41.2 Å². The van der Waals surface area contributed by atoms with E-state index in [0.29, 0.717) is 11.0 Å². The molecule has 0 aliphatic carbocycles. The zero-order valence-corrected chi connectivity index (χ0v) is 8.18. The number of pyridine rings is 2. The SMILES string of the molecule is O=C(O)c1cc2c(=O)ccc3cccc1n32. The van der Waals surface area contributed by atoms with Gasteiger partial charge in [-0.05, 0) is 30.3 Å². The van der Waals surface area contributed by atoms with Gasteiger partial charge in [0.15, 0.2) is 0 Å². The number of hydrogen-bond donors (Lipinski definition) is 1. The van der Waals surface area contributed by atoms with E-state index in [4.69, 9.17) is 5.11 Å². The van der Waals surface area contributed by atoms with Crippen LogP contribution in [0.5, 0.6) is 0 Å². The van der Waals surface area contributed by atoms with E-state index >= 15 is 0 Å². The summed E-state index contributed by atoms with van der Waals surface area (Å²) in [4.78, 5) is 22.6. The Kier molecular flexibility index (Phi) is 1.57. The highest BCUT2D eigenvalue weighted by atomic mass is 16.4. The van der Waals surface area contributed by atoms with Crippen molar-refractivity contribution in [3.8, 4) is 0 Å². The number of aromatic nitrogens is 1. The minimum absolute atomic E-state index is 0.161. The molecule has 0 aliphatic rings. The Hall–Kier alpha value is -2.36. The third-order valence-corrected chi connectivity index (χ3v) is 2.71. The molecule has 0 fully saturated rings. The van der Waals surface area contributed by atoms with E-state index in [9.17, 15) is 9.59 Å². The van der Waals surface area contributed by atoms with Crippen LogP contribution in [0.4, 0.5) is 0 Å². The molecule has 0 saturated heterocycles. The van der Waals surface area contributed by atoms with E-state index in [0.717, 1.165) is 5.52 Å². The van der Waals surface area contributed by atoms with Gasteiger partial charge in [0.05, 0.1) is 16.6 Å². The van der Waals surface area contributed by atoms with Crippen LogP contribution < -0.4 is 5.43 Å². The molecule has 0 aliphatic heterocycles. The molecule has 0 aromatic carbocycles. The maximum Gasteiger partial charge on any atom is 0.337 e. The average molecular weight is 213 g/mol. The van der Waals surface area contributed by atoms with Gasteiger partial charge in [-0.1, -0.05) is 6.07 Å². The van der Waals surface area contributed by atoms with Gasteiger partial charge in [-0.3, -0.25) is 4.79 Å². The van der Waals surface area contributed by atoms with Crippen LogP contribution in [0.3, 0.4) is 0 Å². The minimum atomic E-state index is -1.02. The highest BCUT2D eigenvalue weighted by Gasteiger charge is 2.14. The minimum Gasteiger partial charge on any atom is -0.478 e. The molecule has 3 aromatic rings. The van der Waals surface area contributed by atoms with Gasteiger partial charge in [0, 0.05) is 5.52 Å². The third-order valence-electron chi connectivity index (χ3n) is 2.71. The largest absolute Gasteiger partial charge is 0.478 e. The Labute approximate surface area is 89.7 Å². The molecule has 0 atom stereocenters. The standard InChI is InChI=1S/C12H7NO3/c14-11-5-4-7-2-1-3-9-8(12(15)16)6-10(11)13(7)9/h1-6H,(H,15,16). The number of hydrogen-bond acceptors (Lipinski definition) is 2. The fourth-order valence-electron chi connectivity index (χ4n) is 2.01. The Morgan fingerprint density at radius 2 is 1.94 bits per heavy atom. The summed E-state index contributed by atoms with van der Waals surface area (Å²) in [6.07, 6.45) is 0. The van der Waals surface area contributed by atoms with Gasteiger partial charge in [0.25, 0.3) is 0 Å². The maximum atomic E-state index is 11.6. The van der Waals surface area contributed by atoms with Gasteiger partial charge in [0.2, 0.25) is 5.43 Å². The molecule has 16 heavy (non-hydrogen) atoms. The average Bonchev–Trinajstić information content (AvgIpc) is 2.65. The summed E-state index contributed by atoms with van der Waals surface area (Å²) in [5.41, 5.74) is 1.78. The van der Waals surface area contributed by atoms with Crippen molar-refractivity contribution in [2.45, 2.75) is 0 Å². The normalized spacial score (nSPS) is 11.2. The lowest BCUT2D eigenvalue weighted by molar-refractivity contribution is 0.0699. The summed E-state index contributed by atoms with van der Waals surface area (Å²) in [6.45, 7) is 0. The molecule has 4 nitrogen and oxygen atoms in total. The van der Waals surface area contributed by atoms with Crippen LogP contribution >= 0.6 is 0 Å². The van der Waals surface area contributed by atoms with Crippen LogP contribution in [-0.2, 0) is 0 Å². The summed E-state index contributed by atoms with van der Waals surface area (Å²) in [7, 11) is 0. The molecular formula is C12H7NO3. The van der Waals surface area contributed by atoms with Gasteiger partial charge in [-0.2, -0.15) is 0 Å². The van der Waals surface area contributed by atoms with E-state index in [1.165, 1.54) is 12.1 Å². The number of carboxylic acids is 1. The summed E-state index contributed by atoms with van der Waals surface area (Å²) in [5.74, 6) is -1.02. The molecule has 0 amide bonds. The quantitative estimate of drug-likeness (QED) is 0.667. The number of nitrogens with zero attached hydrogens (tertiary/aromatic N) is 1. The van der Waals surface area contributed by atoms with Crippen LogP contribution in [0, 0.1) is 0 Å². The summed E-state index contributed by atoms with van der Waals surface area (Å²) >= 11 is 0. The second kappa shape index (κ2) is 2.82. The van der Waals surface area contributed by atoms with Gasteiger partial charge < -0.3 is 9.51 Å². The molecule has 4 heteroatoms. The molecule has 0 radical (unpaired) electrons. The zero-order chi connectivity index (χ0) is 11.3. The van der Waals surface area contributed by atoms with Crippen molar-refractivity contribution >= 4 is 22.5 Å². The molecule has 1 N–H and O–H groups in total. The summed E-state index contributed by atoms with van der Waals surface area (Å²) < 4.78 is 1.67. The summed E-state index contributed by atoms with van der Waals surface area (Å²) in [5, 5.41) is 9.04. The molecule has 0 saturated carbocycles. The van der Waals surface area contributed by atoms with Crippen LogP contribution in [-0.4, -0.2) is 15.5 Å². The predicted octanol–water partition coefficient (Wildman–Crippen LogP) is 1.59. The molecule has 3 rings (SSSR count). The Morgan fingerprint density at radius 3 is 2.69 bits per heavy atom. The number of rotatable bonds is 1. The van der Waals surface area contributed by atoms with Gasteiger partial charge in [0.1, 0.15) is 0 Å². The van der Waals surface area contributed by atoms with Crippen molar-refractivity contribution in [3.63, 3.8) is 0 Å². The van der Waals surface area contributed by atoms with Crippen molar-refractivity contribution < 1.29 is 9.90 Å². The lowest BCUT2D eigenvalue weighted by atomic mass is 10.2.